The second-order valence-electron chi connectivity index (χ2n) is 7.78. The van der Waals surface area contributed by atoms with Crippen LogP contribution in [0.15, 0.2) is 30.3 Å². The van der Waals surface area contributed by atoms with Crippen LogP contribution in [-0.2, 0) is 15.0 Å². The summed E-state index contributed by atoms with van der Waals surface area (Å²) in [6.45, 7) is 4.37. The van der Waals surface area contributed by atoms with Gasteiger partial charge in [-0.05, 0) is 51.0 Å². The molecule has 3 aliphatic rings. The van der Waals surface area contributed by atoms with Gasteiger partial charge in [0.15, 0.2) is 0 Å². The van der Waals surface area contributed by atoms with Crippen LogP contribution in [0.1, 0.15) is 51.0 Å². The lowest BCUT2D eigenvalue weighted by atomic mass is 9.81. The van der Waals surface area contributed by atoms with Crippen molar-refractivity contribution in [2.45, 2.75) is 56.4 Å². The molecule has 2 amide bonds. The van der Waals surface area contributed by atoms with Gasteiger partial charge in [0.2, 0.25) is 11.8 Å². The Labute approximate surface area is 143 Å². The van der Waals surface area contributed by atoms with E-state index in [4.69, 9.17) is 0 Å². The van der Waals surface area contributed by atoms with Crippen LogP contribution in [0.3, 0.4) is 0 Å². The number of piperidine rings is 1. The summed E-state index contributed by atoms with van der Waals surface area (Å²) in [6.07, 6.45) is 5.98. The van der Waals surface area contributed by atoms with Crippen molar-refractivity contribution in [3.05, 3.63) is 35.9 Å². The second kappa shape index (κ2) is 5.61. The van der Waals surface area contributed by atoms with E-state index in [1.54, 1.807) is 0 Å². The van der Waals surface area contributed by atoms with Gasteiger partial charge in [-0.25, -0.2) is 0 Å². The Hall–Kier alpha value is -1.84. The van der Waals surface area contributed by atoms with Crippen molar-refractivity contribution in [1.29, 1.82) is 0 Å². The molecule has 3 fully saturated rings. The van der Waals surface area contributed by atoms with Gasteiger partial charge in [0.05, 0.1) is 5.41 Å². The number of benzene rings is 1. The molecule has 2 saturated heterocycles. The van der Waals surface area contributed by atoms with Crippen molar-refractivity contribution in [1.82, 2.24) is 9.80 Å². The van der Waals surface area contributed by atoms with Gasteiger partial charge in [0.1, 0.15) is 5.54 Å². The molecule has 1 saturated carbocycles. The molecule has 1 aromatic carbocycles. The van der Waals surface area contributed by atoms with Crippen molar-refractivity contribution >= 4 is 11.8 Å². The molecule has 0 spiro atoms. The molecular formula is C20H26N2O2. The zero-order valence-corrected chi connectivity index (χ0v) is 14.5. The summed E-state index contributed by atoms with van der Waals surface area (Å²) in [7, 11) is 0. The van der Waals surface area contributed by atoms with Crippen molar-refractivity contribution in [2.75, 3.05) is 19.6 Å². The molecule has 0 bridgehead atoms. The average molecular weight is 326 g/mol. The maximum atomic E-state index is 13.3. The Morgan fingerprint density at radius 1 is 0.875 bits per heavy atom. The molecule has 0 radical (unpaired) electrons. The van der Waals surface area contributed by atoms with Crippen LogP contribution in [-0.4, -0.2) is 46.8 Å². The van der Waals surface area contributed by atoms with E-state index in [9.17, 15) is 9.59 Å². The molecular weight excluding hydrogens is 300 g/mol. The molecule has 24 heavy (non-hydrogen) atoms. The Balaban J connectivity index is 1.54. The van der Waals surface area contributed by atoms with Gasteiger partial charge in [-0.3, -0.25) is 9.59 Å². The van der Waals surface area contributed by atoms with Crippen molar-refractivity contribution in [2.24, 2.45) is 0 Å². The largest absolute Gasteiger partial charge is 0.341 e. The van der Waals surface area contributed by atoms with Crippen LogP contribution in [0.5, 0.6) is 0 Å². The van der Waals surface area contributed by atoms with Crippen LogP contribution in [0.4, 0.5) is 0 Å². The minimum absolute atomic E-state index is 0.158. The maximum Gasteiger partial charge on any atom is 0.248 e. The molecule has 0 aromatic heterocycles. The van der Waals surface area contributed by atoms with Crippen LogP contribution in [0.25, 0.3) is 0 Å². The molecule has 4 rings (SSSR count). The summed E-state index contributed by atoms with van der Waals surface area (Å²) in [4.78, 5) is 30.1. The average Bonchev–Trinajstić information content (AvgIpc) is 3.43. The second-order valence-corrected chi connectivity index (χ2v) is 7.78. The molecule has 0 N–H and O–H groups in total. The van der Waals surface area contributed by atoms with E-state index in [0.717, 1.165) is 50.8 Å². The predicted molar refractivity (Wildman–Crippen MR) is 92.5 cm³/mol. The van der Waals surface area contributed by atoms with Gasteiger partial charge in [-0.2, -0.15) is 0 Å². The van der Waals surface area contributed by atoms with Gasteiger partial charge < -0.3 is 9.80 Å². The van der Waals surface area contributed by atoms with Gasteiger partial charge in [-0.15, -0.1) is 0 Å². The Morgan fingerprint density at radius 3 is 2.08 bits per heavy atom. The molecule has 4 heteroatoms. The monoisotopic (exact) mass is 326 g/mol. The lowest BCUT2D eigenvalue weighted by molar-refractivity contribution is -0.166. The smallest absolute Gasteiger partial charge is 0.248 e. The minimum atomic E-state index is -0.626. The van der Waals surface area contributed by atoms with E-state index in [2.05, 4.69) is 12.1 Å². The van der Waals surface area contributed by atoms with E-state index >= 15 is 0 Å². The number of carbonyl (C=O) groups excluding carboxylic acids is 2. The molecule has 2 aliphatic heterocycles. The molecule has 1 unspecified atom stereocenters. The first-order chi connectivity index (χ1) is 11.6. The van der Waals surface area contributed by atoms with E-state index in [1.165, 1.54) is 6.42 Å². The number of hydrogen-bond acceptors (Lipinski definition) is 2. The van der Waals surface area contributed by atoms with Crippen molar-refractivity contribution < 1.29 is 9.59 Å². The van der Waals surface area contributed by atoms with Crippen molar-refractivity contribution in [3.63, 3.8) is 0 Å². The quantitative estimate of drug-likeness (QED) is 0.857. The first-order valence-electron chi connectivity index (χ1n) is 9.25. The molecule has 1 atom stereocenters. The fourth-order valence-corrected chi connectivity index (χ4v) is 4.31. The first kappa shape index (κ1) is 15.7. The first-order valence-corrected chi connectivity index (χ1v) is 9.25. The summed E-state index contributed by atoms with van der Waals surface area (Å²) >= 11 is 0. The van der Waals surface area contributed by atoms with Crippen LogP contribution < -0.4 is 0 Å². The van der Waals surface area contributed by atoms with E-state index in [1.807, 2.05) is 34.9 Å². The molecule has 1 aromatic rings. The van der Waals surface area contributed by atoms with E-state index in [-0.39, 0.29) is 17.2 Å². The summed E-state index contributed by atoms with van der Waals surface area (Å²) in [5.41, 5.74) is 0.110. The summed E-state index contributed by atoms with van der Waals surface area (Å²) in [6, 6.07) is 10.1. The Kier molecular flexibility index (Phi) is 3.66. The number of likely N-dealkylation sites (tertiary alicyclic amines) is 2. The third-order valence-electron chi connectivity index (χ3n) is 6.25. The molecule has 2 heterocycles. The van der Waals surface area contributed by atoms with Gasteiger partial charge in [-0.1, -0.05) is 30.3 Å². The summed E-state index contributed by atoms with van der Waals surface area (Å²) < 4.78 is 0. The third kappa shape index (κ3) is 2.27. The lowest BCUT2D eigenvalue weighted by Crippen LogP contribution is -2.69. The highest BCUT2D eigenvalue weighted by molar-refractivity contribution is 5.98. The standard InChI is InChI=1S/C20H26N2O2/c1-19(17(23)21-13-6-3-7-14-21)12-15-22(19)18(24)20(10-11-20)16-8-4-2-5-9-16/h2,4-5,8-9H,3,6-7,10-15H2,1H3. The normalized spacial score (nSPS) is 28.2. The number of nitrogens with zero attached hydrogens (tertiary/aromatic N) is 2. The Morgan fingerprint density at radius 2 is 1.54 bits per heavy atom. The topological polar surface area (TPSA) is 40.6 Å². The Bertz CT molecular complexity index is 647. The maximum absolute atomic E-state index is 13.3. The minimum Gasteiger partial charge on any atom is -0.341 e. The number of carbonyl (C=O) groups is 2. The van der Waals surface area contributed by atoms with Gasteiger partial charge in [0, 0.05) is 19.6 Å². The van der Waals surface area contributed by atoms with Crippen LogP contribution in [0, 0.1) is 0 Å². The van der Waals surface area contributed by atoms with E-state index < -0.39 is 5.54 Å². The third-order valence-corrected chi connectivity index (χ3v) is 6.25. The van der Waals surface area contributed by atoms with Crippen molar-refractivity contribution in [3.8, 4) is 0 Å². The highest BCUT2D eigenvalue weighted by atomic mass is 16.2. The van der Waals surface area contributed by atoms with E-state index in [0.29, 0.717) is 6.54 Å². The van der Waals surface area contributed by atoms with Gasteiger partial charge >= 0.3 is 0 Å². The SMILES string of the molecule is CC1(C(=O)N2CCCCC2)CCN1C(=O)C1(c2ccccc2)CC1. The highest BCUT2D eigenvalue weighted by Gasteiger charge is 2.60. The predicted octanol–water partition coefficient (Wildman–Crippen LogP) is 2.72. The number of amides is 2. The zero-order valence-electron chi connectivity index (χ0n) is 14.5. The van der Waals surface area contributed by atoms with Crippen LogP contribution >= 0.6 is 0 Å². The number of rotatable bonds is 3. The molecule has 1 aliphatic carbocycles. The van der Waals surface area contributed by atoms with Crippen LogP contribution in [0.2, 0.25) is 0 Å². The molecule has 128 valence electrons. The van der Waals surface area contributed by atoms with Gasteiger partial charge in [0.25, 0.3) is 0 Å². The zero-order chi connectivity index (χ0) is 16.8. The fraction of sp³-hybridized carbons (Fsp3) is 0.600. The fourth-order valence-electron chi connectivity index (χ4n) is 4.31. The summed E-state index contributed by atoms with van der Waals surface area (Å²) in [5.74, 6) is 0.318. The number of hydrogen-bond donors (Lipinski definition) is 0. The highest BCUT2D eigenvalue weighted by Crippen LogP contribution is 2.52. The molecule has 4 nitrogen and oxygen atoms in total. The lowest BCUT2D eigenvalue weighted by Gasteiger charge is -2.52. The summed E-state index contributed by atoms with van der Waals surface area (Å²) in [5, 5.41) is 0.